The number of carbonyl (C=O) groups is 2. The van der Waals surface area contributed by atoms with E-state index in [9.17, 15) is 18.0 Å². The van der Waals surface area contributed by atoms with Gasteiger partial charge >= 0.3 is 12.1 Å². The fraction of sp³-hybridized carbons (Fsp3) is 0.407. The van der Waals surface area contributed by atoms with Crippen molar-refractivity contribution in [1.82, 2.24) is 19.7 Å². The van der Waals surface area contributed by atoms with Crippen molar-refractivity contribution >= 4 is 17.6 Å². The Hall–Kier alpha value is -3.93. The minimum absolute atomic E-state index is 0.224. The van der Waals surface area contributed by atoms with Crippen molar-refractivity contribution in [2.45, 2.75) is 39.0 Å². The minimum Gasteiger partial charge on any atom is -0.497 e. The number of aromatic nitrogens is 3. The normalized spacial score (nSPS) is 18.4. The van der Waals surface area contributed by atoms with Crippen molar-refractivity contribution in [1.29, 1.82) is 0 Å². The summed E-state index contributed by atoms with van der Waals surface area (Å²) >= 11 is 0. The number of benzene rings is 2. The molecule has 3 aromatic rings. The summed E-state index contributed by atoms with van der Waals surface area (Å²) in [6.07, 6.45) is -3.14. The predicted molar refractivity (Wildman–Crippen MR) is 136 cm³/mol. The highest BCUT2D eigenvalue weighted by atomic mass is 19.4. The van der Waals surface area contributed by atoms with Crippen LogP contribution >= 0.6 is 0 Å². The number of hydrogen-bond donors (Lipinski definition) is 2. The Kier molecular flexibility index (Phi) is 8.54. The van der Waals surface area contributed by atoms with E-state index >= 15 is 0 Å². The van der Waals surface area contributed by atoms with E-state index in [1.54, 1.807) is 7.11 Å². The Morgan fingerprint density at radius 2 is 1.62 bits per heavy atom. The predicted octanol–water partition coefficient (Wildman–Crippen LogP) is 4.04. The lowest BCUT2D eigenvalue weighted by molar-refractivity contribution is -0.192. The van der Waals surface area contributed by atoms with E-state index in [2.05, 4.69) is 51.6 Å². The van der Waals surface area contributed by atoms with Crippen LogP contribution in [0.2, 0.25) is 0 Å². The first-order chi connectivity index (χ1) is 18.6. The third kappa shape index (κ3) is 6.94. The molecule has 0 radical (unpaired) electrons. The van der Waals surface area contributed by atoms with E-state index in [1.165, 1.54) is 11.1 Å². The maximum Gasteiger partial charge on any atom is 0.490 e. The van der Waals surface area contributed by atoms with Gasteiger partial charge in [0.1, 0.15) is 11.6 Å². The molecule has 1 aromatic heterocycles. The van der Waals surface area contributed by atoms with Crippen LogP contribution in [0, 0.1) is 11.8 Å². The van der Waals surface area contributed by atoms with E-state index in [1.807, 2.05) is 28.8 Å². The molecule has 0 spiro atoms. The lowest BCUT2D eigenvalue weighted by atomic mass is 9.89. The van der Waals surface area contributed by atoms with E-state index in [0.29, 0.717) is 23.3 Å². The van der Waals surface area contributed by atoms with Crippen molar-refractivity contribution in [2.24, 2.45) is 11.8 Å². The first-order valence-electron chi connectivity index (χ1n) is 12.5. The maximum absolute atomic E-state index is 12.9. The molecule has 0 aliphatic carbocycles. The van der Waals surface area contributed by atoms with Crippen LogP contribution in [-0.2, 0) is 30.7 Å². The maximum atomic E-state index is 12.9. The van der Waals surface area contributed by atoms with Gasteiger partial charge in [0.2, 0.25) is 5.82 Å². The summed E-state index contributed by atoms with van der Waals surface area (Å²) in [6, 6.07) is 16.2. The summed E-state index contributed by atoms with van der Waals surface area (Å²) in [4.78, 5) is 24.3. The van der Waals surface area contributed by atoms with Crippen molar-refractivity contribution in [3.8, 4) is 5.75 Å². The highest BCUT2D eigenvalue weighted by Gasteiger charge is 2.39. The lowest BCUT2D eigenvalue weighted by Gasteiger charge is -2.25. The average Bonchev–Trinajstić information content (AvgIpc) is 3.50. The van der Waals surface area contributed by atoms with Gasteiger partial charge in [-0.05, 0) is 53.6 Å². The molecule has 1 fully saturated rings. The second-order valence-corrected chi connectivity index (χ2v) is 9.62. The third-order valence-electron chi connectivity index (χ3n) is 6.97. The van der Waals surface area contributed by atoms with Gasteiger partial charge in [0, 0.05) is 38.3 Å². The van der Waals surface area contributed by atoms with Gasteiger partial charge in [0.05, 0.1) is 7.11 Å². The number of aliphatic carboxylic acids is 1. The number of nitrogens with zero attached hydrogens (tertiary/aromatic N) is 4. The SMILES string of the molecule is CCc1ccc(CN2CC3Cc4nnc(C(=O)Nc5ccc(OC)cc5)n4CC3C2)cc1.O=C(O)C(F)(F)F. The quantitative estimate of drug-likeness (QED) is 0.481. The second kappa shape index (κ2) is 11.9. The van der Waals surface area contributed by atoms with Gasteiger partial charge in [-0.15, -0.1) is 10.2 Å². The molecule has 2 atom stereocenters. The molecule has 39 heavy (non-hydrogen) atoms. The average molecular weight is 546 g/mol. The first kappa shape index (κ1) is 28.1. The van der Waals surface area contributed by atoms with Gasteiger partial charge in [0.25, 0.3) is 5.91 Å². The van der Waals surface area contributed by atoms with Crippen molar-refractivity contribution in [3.63, 3.8) is 0 Å². The number of ether oxygens (including phenoxy) is 1. The Morgan fingerprint density at radius 3 is 2.21 bits per heavy atom. The zero-order valence-corrected chi connectivity index (χ0v) is 21.6. The summed E-state index contributed by atoms with van der Waals surface area (Å²) < 4.78 is 38.9. The number of carbonyl (C=O) groups excluding carboxylic acids is 1. The van der Waals surface area contributed by atoms with E-state index in [-0.39, 0.29) is 5.91 Å². The lowest BCUT2D eigenvalue weighted by Crippen LogP contribution is -2.31. The molecular formula is C27H30F3N5O4. The molecule has 1 saturated heterocycles. The Bertz CT molecular complexity index is 1290. The number of anilines is 1. The van der Waals surface area contributed by atoms with Gasteiger partial charge < -0.3 is 19.7 Å². The fourth-order valence-electron chi connectivity index (χ4n) is 4.92. The van der Waals surface area contributed by atoms with Gasteiger partial charge in [0.15, 0.2) is 0 Å². The molecule has 2 N–H and O–H groups in total. The molecule has 0 saturated carbocycles. The molecule has 1 amide bonds. The fourth-order valence-corrected chi connectivity index (χ4v) is 4.92. The van der Waals surface area contributed by atoms with Crippen LogP contribution in [0.3, 0.4) is 0 Å². The van der Waals surface area contributed by atoms with E-state index in [4.69, 9.17) is 14.6 Å². The molecule has 2 aliphatic heterocycles. The zero-order chi connectivity index (χ0) is 28.2. The van der Waals surface area contributed by atoms with Crippen LogP contribution < -0.4 is 10.1 Å². The molecule has 2 aromatic carbocycles. The number of methoxy groups -OCH3 is 1. The topological polar surface area (TPSA) is 110 Å². The summed E-state index contributed by atoms with van der Waals surface area (Å²) in [5.41, 5.74) is 3.45. The number of nitrogens with one attached hydrogen (secondary N) is 1. The molecule has 2 unspecified atom stereocenters. The van der Waals surface area contributed by atoms with Crippen LogP contribution in [0.1, 0.15) is 34.5 Å². The van der Waals surface area contributed by atoms with Crippen molar-refractivity contribution in [2.75, 3.05) is 25.5 Å². The molecule has 208 valence electrons. The number of carboxylic acids is 1. The van der Waals surface area contributed by atoms with Crippen LogP contribution in [-0.4, -0.2) is 63.0 Å². The van der Waals surface area contributed by atoms with Gasteiger partial charge in [-0.3, -0.25) is 9.69 Å². The number of hydrogen-bond acceptors (Lipinski definition) is 6. The van der Waals surface area contributed by atoms with E-state index < -0.39 is 12.1 Å². The Balaban J connectivity index is 0.000000448. The number of likely N-dealkylation sites (tertiary alicyclic amines) is 1. The Labute approximate surface area is 223 Å². The number of halogens is 3. The molecule has 12 heteroatoms. The molecule has 3 heterocycles. The van der Waals surface area contributed by atoms with Gasteiger partial charge in [-0.2, -0.15) is 13.2 Å². The second-order valence-electron chi connectivity index (χ2n) is 9.62. The van der Waals surface area contributed by atoms with Crippen LogP contribution in [0.5, 0.6) is 5.75 Å². The highest BCUT2D eigenvalue weighted by Crippen LogP contribution is 2.33. The molecular weight excluding hydrogens is 515 g/mol. The molecule has 5 rings (SSSR count). The summed E-state index contributed by atoms with van der Waals surface area (Å²) in [5, 5.41) is 18.6. The van der Waals surface area contributed by atoms with E-state index in [0.717, 1.165) is 50.6 Å². The number of fused-ring (bicyclic) bond motifs is 2. The standard InChI is InChI=1S/C25H29N5O2.C2HF3O2/c1-3-17-4-6-18(7-5-17)13-29-14-19-12-23-27-28-24(30(23)16-20(19)15-29)25(31)26-21-8-10-22(32-2)11-9-21;3-2(4,5)1(6)7/h4-11,19-20H,3,12-16H2,1-2H3,(H,26,31);(H,6,7). The zero-order valence-electron chi connectivity index (χ0n) is 21.6. The monoisotopic (exact) mass is 545 g/mol. The van der Waals surface area contributed by atoms with Crippen LogP contribution in [0.4, 0.5) is 18.9 Å². The first-order valence-corrected chi connectivity index (χ1v) is 12.5. The molecule has 9 nitrogen and oxygen atoms in total. The molecule has 0 bridgehead atoms. The minimum atomic E-state index is -5.08. The van der Waals surface area contributed by atoms with Gasteiger partial charge in [-0.25, -0.2) is 4.79 Å². The summed E-state index contributed by atoms with van der Waals surface area (Å²) in [5.74, 6) is 0.162. The van der Waals surface area contributed by atoms with Crippen molar-refractivity contribution in [3.05, 3.63) is 71.3 Å². The number of alkyl halides is 3. The highest BCUT2D eigenvalue weighted by molar-refractivity contribution is 6.01. The number of amides is 1. The molecule has 2 aliphatic rings. The summed E-state index contributed by atoms with van der Waals surface area (Å²) in [7, 11) is 1.62. The number of carboxylic acid groups (broad SMARTS) is 1. The number of rotatable bonds is 6. The van der Waals surface area contributed by atoms with Crippen LogP contribution in [0.15, 0.2) is 48.5 Å². The van der Waals surface area contributed by atoms with Gasteiger partial charge in [-0.1, -0.05) is 31.2 Å². The smallest absolute Gasteiger partial charge is 0.490 e. The Morgan fingerprint density at radius 1 is 1.00 bits per heavy atom. The third-order valence-corrected chi connectivity index (χ3v) is 6.97. The van der Waals surface area contributed by atoms with Crippen LogP contribution in [0.25, 0.3) is 0 Å². The largest absolute Gasteiger partial charge is 0.497 e. The number of aryl methyl sites for hydroxylation is 1. The van der Waals surface area contributed by atoms with Crippen molar-refractivity contribution < 1.29 is 32.6 Å². The summed E-state index contributed by atoms with van der Waals surface area (Å²) in [6.45, 7) is 6.06.